The Morgan fingerprint density at radius 3 is 2.64 bits per heavy atom. The number of rotatable bonds is 10. The molecule has 1 amide bonds. The second-order valence-corrected chi connectivity index (χ2v) is 9.95. The SMILES string of the molecule is O=C(O)COC1CC2CCC1CC2CNC(=O)c1cccnc1Oc1nsnc1Cc1ccccc1. The molecule has 3 saturated carbocycles. The third kappa shape index (κ3) is 5.71. The van der Waals surface area contributed by atoms with Crippen molar-refractivity contribution >= 4 is 23.6 Å². The van der Waals surface area contributed by atoms with Crippen LogP contribution in [0.5, 0.6) is 11.8 Å². The van der Waals surface area contributed by atoms with Gasteiger partial charge in [-0.2, -0.15) is 4.37 Å². The van der Waals surface area contributed by atoms with Gasteiger partial charge in [0.25, 0.3) is 11.8 Å². The Kier molecular flexibility index (Phi) is 7.52. The predicted molar refractivity (Wildman–Crippen MR) is 132 cm³/mol. The Balaban J connectivity index is 1.20. The number of benzene rings is 1. The summed E-state index contributed by atoms with van der Waals surface area (Å²) in [6, 6.07) is 13.3. The van der Waals surface area contributed by atoms with E-state index in [0.29, 0.717) is 47.9 Å². The van der Waals surface area contributed by atoms with E-state index in [2.05, 4.69) is 19.0 Å². The maximum absolute atomic E-state index is 13.1. The van der Waals surface area contributed by atoms with Crippen LogP contribution in [0.4, 0.5) is 0 Å². The van der Waals surface area contributed by atoms with Crippen molar-refractivity contribution in [2.24, 2.45) is 17.8 Å². The number of aliphatic carboxylic acids is 1. The molecule has 0 saturated heterocycles. The average molecular weight is 509 g/mol. The first-order valence-electron chi connectivity index (χ1n) is 12.2. The van der Waals surface area contributed by atoms with E-state index in [1.807, 2.05) is 30.3 Å². The van der Waals surface area contributed by atoms with Crippen LogP contribution in [0.2, 0.25) is 0 Å². The number of ether oxygens (including phenoxy) is 2. The number of carboxylic acid groups (broad SMARTS) is 1. The molecule has 3 aromatic rings. The summed E-state index contributed by atoms with van der Waals surface area (Å²) in [5, 5.41) is 12.0. The van der Waals surface area contributed by atoms with E-state index in [4.69, 9.17) is 14.6 Å². The second-order valence-electron chi connectivity index (χ2n) is 9.42. The zero-order valence-electron chi connectivity index (χ0n) is 19.7. The van der Waals surface area contributed by atoms with Gasteiger partial charge in [-0.05, 0) is 61.1 Å². The van der Waals surface area contributed by atoms with Gasteiger partial charge < -0.3 is 19.9 Å². The largest absolute Gasteiger partial charge is 0.480 e. The Morgan fingerprint density at radius 1 is 1.03 bits per heavy atom. The molecular formula is C26H28N4O5S. The van der Waals surface area contributed by atoms with E-state index in [1.165, 1.54) is 0 Å². The highest BCUT2D eigenvalue weighted by Gasteiger charge is 2.42. The van der Waals surface area contributed by atoms with Crippen LogP contribution in [-0.2, 0) is 16.0 Å². The fourth-order valence-electron chi connectivity index (χ4n) is 5.36. The molecule has 4 unspecified atom stereocenters. The highest BCUT2D eigenvalue weighted by atomic mass is 32.1. The molecule has 6 rings (SSSR count). The van der Waals surface area contributed by atoms with Crippen molar-refractivity contribution < 1.29 is 24.2 Å². The van der Waals surface area contributed by atoms with Crippen molar-refractivity contribution in [3.8, 4) is 11.8 Å². The van der Waals surface area contributed by atoms with E-state index in [1.54, 1.807) is 18.3 Å². The molecule has 2 bridgehead atoms. The maximum Gasteiger partial charge on any atom is 0.329 e. The maximum atomic E-state index is 13.1. The molecule has 0 aliphatic heterocycles. The third-order valence-corrected chi connectivity index (χ3v) is 7.68. The zero-order chi connectivity index (χ0) is 24.9. The van der Waals surface area contributed by atoms with Crippen LogP contribution < -0.4 is 10.1 Å². The van der Waals surface area contributed by atoms with E-state index in [0.717, 1.165) is 43.0 Å². The van der Waals surface area contributed by atoms with Crippen molar-refractivity contribution in [3.63, 3.8) is 0 Å². The van der Waals surface area contributed by atoms with Crippen molar-refractivity contribution in [2.45, 2.75) is 38.2 Å². The van der Waals surface area contributed by atoms with Gasteiger partial charge in [-0.15, -0.1) is 4.37 Å². The molecule has 0 radical (unpaired) electrons. The van der Waals surface area contributed by atoms with Gasteiger partial charge in [0.2, 0.25) is 5.88 Å². The first kappa shape index (κ1) is 24.3. The second kappa shape index (κ2) is 11.1. The number of pyridine rings is 1. The average Bonchev–Trinajstić information content (AvgIpc) is 3.33. The smallest absolute Gasteiger partial charge is 0.329 e. The quantitative estimate of drug-likeness (QED) is 0.422. The summed E-state index contributed by atoms with van der Waals surface area (Å²) in [5.41, 5.74) is 2.13. The van der Waals surface area contributed by atoms with Crippen LogP contribution in [0.3, 0.4) is 0 Å². The fourth-order valence-corrected chi connectivity index (χ4v) is 5.86. The molecular weight excluding hydrogens is 480 g/mol. The number of hydrogen-bond donors (Lipinski definition) is 2. The number of aromatic nitrogens is 3. The Labute approximate surface area is 213 Å². The molecule has 2 aromatic heterocycles. The summed E-state index contributed by atoms with van der Waals surface area (Å²) < 4.78 is 20.2. The Hall–Kier alpha value is -3.37. The minimum atomic E-state index is -0.935. The third-order valence-electron chi connectivity index (χ3n) is 7.13. The molecule has 0 spiro atoms. The summed E-state index contributed by atoms with van der Waals surface area (Å²) in [7, 11) is 0. The summed E-state index contributed by atoms with van der Waals surface area (Å²) in [4.78, 5) is 28.3. The number of nitrogens with one attached hydrogen (secondary N) is 1. The van der Waals surface area contributed by atoms with Crippen LogP contribution in [0.25, 0.3) is 0 Å². The first-order chi connectivity index (χ1) is 17.6. The summed E-state index contributed by atoms with van der Waals surface area (Å²) >= 11 is 1.06. The number of carbonyl (C=O) groups excluding carboxylic acids is 1. The molecule has 188 valence electrons. The lowest BCUT2D eigenvalue weighted by molar-refractivity contribution is -0.150. The molecule has 1 aromatic carbocycles. The van der Waals surface area contributed by atoms with Gasteiger partial charge in [0, 0.05) is 19.2 Å². The monoisotopic (exact) mass is 508 g/mol. The van der Waals surface area contributed by atoms with Gasteiger partial charge in [-0.3, -0.25) is 4.79 Å². The number of hydrogen-bond acceptors (Lipinski definition) is 8. The molecule has 9 nitrogen and oxygen atoms in total. The lowest BCUT2D eigenvalue weighted by Crippen LogP contribution is -2.46. The van der Waals surface area contributed by atoms with E-state index < -0.39 is 5.97 Å². The standard InChI is InChI=1S/C26H28N4O5S/c31-23(32)15-34-22-13-17-8-9-18(22)12-19(17)14-28-24(33)20-7-4-10-27-25(20)35-26-21(29-36-30-26)11-16-5-2-1-3-6-16/h1-7,10,17-19,22H,8-9,11-15H2,(H,28,33)(H,31,32). The molecule has 2 heterocycles. The van der Waals surface area contributed by atoms with Crippen LogP contribution >= 0.6 is 11.7 Å². The topological polar surface area (TPSA) is 124 Å². The minimum absolute atomic E-state index is 0.00179. The predicted octanol–water partition coefficient (Wildman–Crippen LogP) is 3.95. The highest BCUT2D eigenvalue weighted by molar-refractivity contribution is 6.99. The van der Waals surface area contributed by atoms with Crippen molar-refractivity contribution in [1.29, 1.82) is 0 Å². The van der Waals surface area contributed by atoms with Crippen molar-refractivity contribution in [2.75, 3.05) is 13.2 Å². The summed E-state index contributed by atoms with van der Waals surface area (Å²) in [6.07, 6.45) is 6.07. The first-order valence-corrected chi connectivity index (χ1v) is 12.9. The van der Waals surface area contributed by atoms with Gasteiger partial charge in [-0.25, -0.2) is 9.78 Å². The van der Waals surface area contributed by atoms with E-state index in [9.17, 15) is 9.59 Å². The molecule has 10 heteroatoms. The van der Waals surface area contributed by atoms with Crippen LogP contribution in [0.1, 0.15) is 47.3 Å². The summed E-state index contributed by atoms with van der Waals surface area (Å²) in [5.74, 6) is 0.479. The molecule has 3 aliphatic carbocycles. The molecule has 36 heavy (non-hydrogen) atoms. The van der Waals surface area contributed by atoms with Crippen LogP contribution in [0.15, 0.2) is 48.7 Å². The van der Waals surface area contributed by atoms with E-state index in [-0.39, 0.29) is 24.5 Å². The fraction of sp³-hybridized carbons (Fsp3) is 0.423. The van der Waals surface area contributed by atoms with Crippen molar-refractivity contribution in [3.05, 3.63) is 65.5 Å². The molecule has 4 atom stereocenters. The number of nitrogens with zero attached hydrogens (tertiary/aromatic N) is 3. The summed E-state index contributed by atoms with van der Waals surface area (Å²) in [6.45, 7) is 0.304. The van der Waals surface area contributed by atoms with Gasteiger partial charge in [-0.1, -0.05) is 30.3 Å². The van der Waals surface area contributed by atoms with Gasteiger partial charge in [0.05, 0.1) is 17.8 Å². The molecule has 3 fully saturated rings. The van der Waals surface area contributed by atoms with Gasteiger partial charge >= 0.3 is 5.97 Å². The number of amides is 1. The van der Waals surface area contributed by atoms with Crippen LogP contribution in [-0.4, -0.2) is 50.0 Å². The molecule has 3 aliphatic rings. The zero-order valence-corrected chi connectivity index (χ0v) is 20.5. The number of carbonyl (C=O) groups is 2. The highest BCUT2D eigenvalue weighted by Crippen LogP contribution is 2.46. The van der Waals surface area contributed by atoms with Gasteiger partial charge in [0.15, 0.2) is 0 Å². The minimum Gasteiger partial charge on any atom is -0.480 e. The normalized spacial score (nSPS) is 22.8. The van der Waals surface area contributed by atoms with Crippen LogP contribution in [0, 0.1) is 17.8 Å². The Morgan fingerprint density at radius 2 is 1.86 bits per heavy atom. The lowest BCUT2D eigenvalue weighted by Gasteiger charge is -2.47. The number of carboxylic acids is 1. The molecule has 2 N–H and O–H groups in total. The van der Waals surface area contributed by atoms with E-state index >= 15 is 0 Å². The van der Waals surface area contributed by atoms with Gasteiger partial charge in [0.1, 0.15) is 17.9 Å². The lowest BCUT2D eigenvalue weighted by atomic mass is 9.63. The Bertz CT molecular complexity index is 1200. The number of fused-ring (bicyclic) bond motifs is 3. The van der Waals surface area contributed by atoms with Crippen molar-refractivity contribution in [1.82, 2.24) is 19.0 Å².